The third-order valence-electron chi connectivity index (χ3n) is 1.07. The van der Waals surface area contributed by atoms with Gasteiger partial charge < -0.3 is 0 Å². The number of hydrogen-bond acceptors (Lipinski definition) is 0. The standard InChI is InChI=1S/C5ClF9/c6-5(14,15)3(9,10)1(7)2(8)4(11,12)13/b2-1+. The minimum Gasteiger partial charge on any atom is -0.202 e. The molecule has 15 heavy (non-hydrogen) atoms. The highest BCUT2D eigenvalue weighted by molar-refractivity contribution is 6.22. The van der Waals surface area contributed by atoms with Crippen molar-refractivity contribution in [3.63, 3.8) is 0 Å². The highest BCUT2D eigenvalue weighted by Crippen LogP contribution is 2.46. The minimum absolute atomic E-state index is 3.62. The van der Waals surface area contributed by atoms with E-state index in [9.17, 15) is 39.5 Å². The Morgan fingerprint density at radius 2 is 1.07 bits per heavy atom. The average molecular weight is 266 g/mol. The van der Waals surface area contributed by atoms with Gasteiger partial charge in [-0.25, -0.2) is 4.39 Å². The van der Waals surface area contributed by atoms with Crippen molar-refractivity contribution in [2.75, 3.05) is 0 Å². The predicted molar refractivity (Wildman–Crippen MR) is 31.0 cm³/mol. The van der Waals surface area contributed by atoms with Crippen LogP contribution in [-0.2, 0) is 0 Å². The van der Waals surface area contributed by atoms with E-state index in [0.29, 0.717) is 0 Å². The fourth-order valence-electron chi connectivity index (χ4n) is 0.387. The third-order valence-corrected chi connectivity index (χ3v) is 1.31. The first kappa shape index (κ1) is 14.4. The maximum absolute atomic E-state index is 12.1. The van der Waals surface area contributed by atoms with Crippen LogP contribution in [-0.4, -0.2) is 17.5 Å². The smallest absolute Gasteiger partial charge is 0.202 e. The van der Waals surface area contributed by atoms with Crippen LogP contribution in [0.4, 0.5) is 39.5 Å². The number of halogens is 10. The van der Waals surface area contributed by atoms with E-state index in [1.807, 2.05) is 0 Å². The van der Waals surface area contributed by atoms with E-state index in [4.69, 9.17) is 0 Å². The molecule has 0 saturated heterocycles. The number of allylic oxidation sites excluding steroid dienone is 2. The van der Waals surface area contributed by atoms with E-state index >= 15 is 0 Å². The van der Waals surface area contributed by atoms with Gasteiger partial charge in [0.25, 0.3) is 0 Å². The van der Waals surface area contributed by atoms with E-state index in [1.165, 1.54) is 0 Å². The molecule has 0 aliphatic heterocycles. The van der Waals surface area contributed by atoms with Gasteiger partial charge in [0, 0.05) is 0 Å². The summed E-state index contributed by atoms with van der Waals surface area (Å²) in [6, 6.07) is 0. The molecule has 10 heteroatoms. The van der Waals surface area contributed by atoms with Crippen molar-refractivity contribution in [3.05, 3.63) is 11.7 Å². The Labute approximate surface area is 81.3 Å². The molecule has 0 rings (SSSR count). The Balaban J connectivity index is 5.44. The van der Waals surface area contributed by atoms with Crippen molar-refractivity contribution in [2.45, 2.75) is 17.5 Å². The lowest BCUT2D eigenvalue weighted by molar-refractivity contribution is -0.155. The van der Waals surface area contributed by atoms with Crippen molar-refractivity contribution < 1.29 is 39.5 Å². The molecule has 0 unspecified atom stereocenters. The molecule has 0 heterocycles. The van der Waals surface area contributed by atoms with Crippen LogP contribution in [0.3, 0.4) is 0 Å². The largest absolute Gasteiger partial charge is 0.445 e. The van der Waals surface area contributed by atoms with Gasteiger partial charge in [0.2, 0.25) is 11.7 Å². The SMILES string of the molecule is F/C(=C(/F)C(F)(F)C(F)(F)Cl)C(F)(F)F. The van der Waals surface area contributed by atoms with Gasteiger partial charge in [-0.05, 0) is 11.6 Å². The summed E-state index contributed by atoms with van der Waals surface area (Å²) in [6.45, 7) is 0. The number of rotatable bonds is 2. The summed E-state index contributed by atoms with van der Waals surface area (Å²) in [5.41, 5.74) is 0. The van der Waals surface area contributed by atoms with Gasteiger partial charge >= 0.3 is 17.5 Å². The maximum Gasteiger partial charge on any atom is 0.445 e. The molecular formula is C5ClF9. The lowest BCUT2D eigenvalue weighted by atomic mass is 10.2. The van der Waals surface area contributed by atoms with Gasteiger partial charge in [-0.2, -0.15) is 35.1 Å². The molecule has 0 aromatic rings. The van der Waals surface area contributed by atoms with Crippen LogP contribution in [0.15, 0.2) is 11.7 Å². The first-order valence-corrected chi connectivity index (χ1v) is 3.27. The Hall–Kier alpha value is -0.600. The van der Waals surface area contributed by atoms with E-state index < -0.39 is 29.1 Å². The summed E-state index contributed by atoms with van der Waals surface area (Å²) in [6.07, 6.45) is -6.13. The molecule has 0 saturated carbocycles. The van der Waals surface area contributed by atoms with E-state index in [2.05, 4.69) is 11.6 Å². The lowest BCUT2D eigenvalue weighted by Gasteiger charge is -2.19. The van der Waals surface area contributed by atoms with E-state index in [0.717, 1.165) is 0 Å². The van der Waals surface area contributed by atoms with Crippen LogP contribution in [0.2, 0.25) is 0 Å². The quantitative estimate of drug-likeness (QED) is 0.520. The molecule has 90 valence electrons. The zero-order valence-electron chi connectivity index (χ0n) is 6.28. The Kier molecular flexibility index (Phi) is 3.61. The maximum atomic E-state index is 12.1. The van der Waals surface area contributed by atoms with E-state index in [1.54, 1.807) is 0 Å². The average Bonchev–Trinajstić information content (AvgIpc) is 1.97. The first-order chi connectivity index (χ1) is 6.32. The molecule has 0 aliphatic rings. The second-order valence-electron chi connectivity index (χ2n) is 2.20. The molecule has 0 radical (unpaired) electrons. The molecule has 0 N–H and O–H groups in total. The molecule has 0 aromatic carbocycles. The molecular weight excluding hydrogens is 266 g/mol. The third kappa shape index (κ3) is 2.93. The van der Waals surface area contributed by atoms with Crippen LogP contribution in [0.1, 0.15) is 0 Å². The minimum atomic E-state index is -6.13. The highest BCUT2D eigenvalue weighted by Gasteiger charge is 2.62. The van der Waals surface area contributed by atoms with Gasteiger partial charge in [-0.3, -0.25) is 0 Å². The van der Waals surface area contributed by atoms with Gasteiger partial charge in [-0.1, -0.05) is 0 Å². The summed E-state index contributed by atoms with van der Waals surface area (Å²) >= 11 is 3.62. The van der Waals surface area contributed by atoms with Crippen LogP contribution < -0.4 is 0 Å². The van der Waals surface area contributed by atoms with Gasteiger partial charge in [0.1, 0.15) is 0 Å². The number of alkyl halides is 8. The van der Waals surface area contributed by atoms with Crippen molar-refractivity contribution in [1.82, 2.24) is 0 Å². The zero-order valence-corrected chi connectivity index (χ0v) is 7.04. The molecule has 0 atom stereocenters. The molecule has 0 aromatic heterocycles. The molecule has 0 amide bonds. The normalized spacial score (nSPS) is 16.4. The molecule has 0 nitrogen and oxygen atoms in total. The molecule has 0 aliphatic carbocycles. The van der Waals surface area contributed by atoms with Gasteiger partial charge in [0.05, 0.1) is 0 Å². The topological polar surface area (TPSA) is 0 Å². The fraction of sp³-hybridized carbons (Fsp3) is 0.600. The Bertz CT molecular complexity index is 269. The van der Waals surface area contributed by atoms with Crippen LogP contribution in [0, 0.1) is 0 Å². The molecule has 0 fully saturated rings. The second-order valence-corrected chi connectivity index (χ2v) is 2.67. The van der Waals surface area contributed by atoms with Gasteiger partial charge in [0.15, 0.2) is 0 Å². The van der Waals surface area contributed by atoms with Crippen LogP contribution >= 0.6 is 11.6 Å². The molecule has 0 spiro atoms. The monoisotopic (exact) mass is 266 g/mol. The first-order valence-electron chi connectivity index (χ1n) is 2.89. The Morgan fingerprint density at radius 1 is 0.733 bits per heavy atom. The lowest BCUT2D eigenvalue weighted by Crippen LogP contribution is -2.37. The summed E-state index contributed by atoms with van der Waals surface area (Å²) in [5.74, 6) is -14.0. The summed E-state index contributed by atoms with van der Waals surface area (Å²) in [4.78, 5) is 0. The van der Waals surface area contributed by atoms with Crippen LogP contribution in [0.25, 0.3) is 0 Å². The van der Waals surface area contributed by atoms with E-state index in [-0.39, 0.29) is 0 Å². The van der Waals surface area contributed by atoms with Crippen molar-refractivity contribution in [3.8, 4) is 0 Å². The highest BCUT2D eigenvalue weighted by atomic mass is 35.5. The Morgan fingerprint density at radius 3 is 1.27 bits per heavy atom. The van der Waals surface area contributed by atoms with Crippen molar-refractivity contribution in [2.24, 2.45) is 0 Å². The zero-order chi connectivity index (χ0) is 12.7. The summed E-state index contributed by atoms with van der Waals surface area (Å²) in [5, 5.41) is -5.67. The second kappa shape index (κ2) is 3.76. The van der Waals surface area contributed by atoms with Gasteiger partial charge in [-0.15, -0.1) is 0 Å². The summed E-state index contributed by atoms with van der Waals surface area (Å²) < 4.78 is 105. The number of hydrogen-bond donors (Lipinski definition) is 0. The predicted octanol–water partition coefficient (Wildman–Crippen LogP) is 4.17. The van der Waals surface area contributed by atoms with Crippen molar-refractivity contribution in [1.29, 1.82) is 0 Å². The fourth-order valence-corrected chi connectivity index (χ4v) is 0.470. The summed E-state index contributed by atoms with van der Waals surface area (Å²) in [7, 11) is 0. The van der Waals surface area contributed by atoms with Crippen molar-refractivity contribution >= 4 is 11.6 Å². The molecule has 0 bridgehead atoms. The van der Waals surface area contributed by atoms with Crippen LogP contribution in [0.5, 0.6) is 0 Å².